The molecule has 2 radical (unpaired) electrons. The van der Waals surface area contributed by atoms with Crippen LogP contribution in [0.3, 0.4) is 0 Å². The molecule has 3 rings (SSSR count). The molecule has 0 saturated heterocycles. The number of Topliss-reactive ketones (excluding diaryl/α,β-unsaturated/α-hetero) is 2. The predicted octanol–water partition coefficient (Wildman–Crippen LogP) is 8.62. The standard InChI is InChI=1S/3C20H26O4.2C3H6O.2Gd/c3*1-19(2,3)17(23)11-15(21)13-8-7-9-14(10-13)16(22)12-18(24)20(4,5)6;2*1-3(2)4;;/h3*7-12,21,24H,1-6H3;2*1-2H3;;/q;;;;;2*+3/p-6/b3*15-11-,18-12-;;;;. The Morgan fingerprint density at radius 2 is 0.451 bits per heavy atom. The summed E-state index contributed by atoms with van der Waals surface area (Å²) in [6.07, 6.45) is 6.30. The number of allylic oxidation sites excluding steroid dienone is 9. The van der Waals surface area contributed by atoms with Crippen LogP contribution in [0.1, 0.15) is 200 Å². The zero-order valence-corrected chi connectivity index (χ0v) is 56.4. The summed E-state index contributed by atoms with van der Waals surface area (Å²) in [6.45, 7) is 37.2. The number of benzene rings is 3. The van der Waals surface area contributed by atoms with Gasteiger partial charge in [-0.15, -0.1) is 17.3 Å². The number of carbonyl (C=O) groups is 8. The van der Waals surface area contributed by atoms with E-state index in [4.69, 9.17) is 0 Å². The first-order chi connectivity index (χ1) is 35.9. The molecule has 16 heteroatoms. The van der Waals surface area contributed by atoms with E-state index in [1.807, 2.05) is 0 Å². The number of rotatable bonds is 12. The van der Waals surface area contributed by atoms with Gasteiger partial charge in [-0.1, -0.05) is 197 Å². The molecule has 0 atom stereocenters. The summed E-state index contributed by atoms with van der Waals surface area (Å²) >= 11 is 0. The van der Waals surface area contributed by atoms with Crippen molar-refractivity contribution in [1.82, 2.24) is 0 Å². The van der Waals surface area contributed by atoms with Gasteiger partial charge < -0.3 is 40.2 Å². The van der Waals surface area contributed by atoms with Crippen LogP contribution in [-0.2, 0) is 24.0 Å². The first-order valence-electron chi connectivity index (χ1n) is 25.8. The molecule has 448 valence electrons. The summed E-state index contributed by atoms with van der Waals surface area (Å²) in [5, 5.41) is 72.4. The maximum atomic E-state index is 12.2. The van der Waals surface area contributed by atoms with Gasteiger partial charge in [-0.2, -0.15) is 0 Å². The SMILES string of the molecule is CC(C)(C)C(=O)/C=C(\[O-])c1cccc(C(=O)/C=C(\[O-])C(C)(C)C)c1.CC(C)(C)C(=O)/C=C(\[O-])c1cccc(C(=O)/C=C(\[O-])C(C)(C)C)c1.CC(C)(C)C(=O)/C=C(\[O-])c1cccc(C(=O)/C=C(\[O-])C(C)(C)C)c1.CC(C)=O.CC(C)=O.[Gd+3].[Gd+3]. The van der Waals surface area contributed by atoms with Crippen LogP contribution in [0.2, 0.25) is 0 Å². The van der Waals surface area contributed by atoms with Gasteiger partial charge >= 0.3 is 79.9 Å². The van der Waals surface area contributed by atoms with Crippen LogP contribution in [0.15, 0.2) is 127 Å². The van der Waals surface area contributed by atoms with Crippen LogP contribution in [0.4, 0.5) is 0 Å². The van der Waals surface area contributed by atoms with Crippen LogP contribution in [-0.4, -0.2) is 46.3 Å². The summed E-state index contributed by atoms with van der Waals surface area (Å²) in [4.78, 5) is 91.3. The molecule has 0 bridgehead atoms. The smallest absolute Gasteiger partial charge is 0.875 e. The van der Waals surface area contributed by atoms with E-state index in [1.54, 1.807) is 143 Å². The quantitative estimate of drug-likeness (QED) is 0.0933. The molecule has 0 fully saturated rings. The average Bonchev–Trinajstić information content (AvgIpc) is 3.29. The van der Waals surface area contributed by atoms with Gasteiger partial charge in [0.2, 0.25) is 0 Å². The van der Waals surface area contributed by atoms with Gasteiger partial charge in [-0.3, -0.25) is 28.8 Å². The molecule has 0 aliphatic heterocycles. The molecule has 14 nitrogen and oxygen atoms in total. The topological polar surface area (TPSA) is 275 Å². The Morgan fingerprint density at radius 3 is 0.598 bits per heavy atom. The zero-order valence-electron chi connectivity index (χ0n) is 51.8. The van der Waals surface area contributed by atoms with Crippen molar-refractivity contribution >= 4 is 63.5 Å². The van der Waals surface area contributed by atoms with Gasteiger partial charge in [-0.05, 0) is 115 Å². The fraction of sp³-hybridized carbons (Fsp3) is 0.424. The second kappa shape index (κ2) is 35.9. The van der Waals surface area contributed by atoms with E-state index in [0.717, 1.165) is 36.5 Å². The Bertz CT molecular complexity index is 2590. The molecule has 0 aromatic heterocycles. The Kier molecular flexibility index (Phi) is 36.5. The fourth-order valence-electron chi connectivity index (χ4n) is 4.99. The van der Waals surface area contributed by atoms with E-state index in [0.29, 0.717) is 0 Å². The predicted molar refractivity (Wildman–Crippen MR) is 305 cm³/mol. The van der Waals surface area contributed by atoms with Crippen LogP contribution in [0, 0.1) is 112 Å². The molecule has 0 aliphatic carbocycles. The first kappa shape index (κ1) is 83.4. The Labute approximate surface area is 551 Å². The molecular weight excluding hydrogens is 1330 g/mol. The largest absolute Gasteiger partial charge is 3.00 e. The Balaban J connectivity index is -0.000000514. The van der Waals surface area contributed by atoms with Gasteiger partial charge in [0.15, 0.2) is 34.7 Å². The van der Waals surface area contributed by atoms with E-state index in [9.17, 15) is 69.0 Å². The third kappa shape index (κ3) is 34.5. The summed E-state index contributed by atoms with van der Waals surface area (Å²) < 4.78 is 0. The Hall–Kier alpha value is -5.09. The van der Waals surface area contributed by atoms with E-state index in [-0.39, 0.29) is 159 Å². The average molecular weight is 1420 g/mol. The van der Waals surface area contributed by atoms with Crippen LogP contribution < -0.4 is 30.6 Å². The number of ketones is 8. The van der Waals surface area contributed by atoms with Crippen molar-refractivity contribution in [2.45, 2.75) is 152 Å². The first-order valence-corrected chi connectivity index (χ1v) is 25.8. The van der Waals surface area contributed by atoms with Crippen molar-refractivity contribution in [3.8, 4) is 0 Å². The van der Waals surface area contributed by atoms with Gasteiger partial charge in [0, 0.05) is 32.9 Å². The molecule has 0 N–H and O–H groups in total. The summed E-state index contributed by atoms with van der Waals surface area (Å²) in [5.41, 5.74) is -2.38. The molecule has 0 spiro atoms. The van der Waals surface area contributed by atoms with E-state index in [1.165, 1.54) is 82.3 Å². The van der Waals surface area contributed by atoms with Crippen molar-refractivity contribution in [1.29, 1.82) is 0 Å². The number of carbonyl (C=O) groups excluding carboxylic acids is 8. The van der Waals surface area contributed by atoms with Gasteiger partial charge in [0.05, 0.1) is 0 Å². The molecule has 0 unspecified atom stereocenters. The van der Waals surface area contributed by atoms with Crippen molar-refractivity contribution in [2.75, 3.05) is 0 Å². The molecule has 0 amide bonds. The molecule has 3 aromatic rings. The molecule has 0 heterocycles. The van der Waals surface area contributed by atoms with Crippen LogP contribution in [0.25, 0.3) is 17.3 Å². The number of hydrogen-bond acceptors (Lipinski definition) is 14. The van der Waals surface area contributed by atoms with Crippen molar-refractivity contribution < 1.29 is 149 Å². The third-order valence-corrected chi connectivity index (χ3v) is 10.3. The maximum absolute atomic E-state index is 12.2. The normalized spacial score (nSPS) is 12.7. The minimum atomic E-state index is -0.643. The van der Waals surface area contributed by atoms with Crippen LogP contribution in [0.5, 0.6) is 0 Å². The summed E-state index contributed by atoms with van der Waals surface area (Å²) in [6, 6.07) is 18.1. The van der Waals surface area contributed by atoms with E-state index < -0.39 is 67.1 Å². The second-order valence-corrected chi connectivity index (χ2v) is 25.3. The molecule has 0 aliphatic rings. The van der Waals surface area contributed by atoms with Crippen molar-refractivity contribution in [3.63, 3.8) is 0 Å². The van der Waals surface area contributed by atoms with Crippen molar-refractivity contribution in [2.24, 2.45) is 32.5 Å². The third-order valence-electron chi connectivity index (χ3n) is 10.3. The zero-order chi connectivity index (χ0) is 63.3. The maximum Gasteiger partial charge on any atom is 3.00 e. The molecule has 0 saturated carbocycles. The minimum absolute atomic E-state index is 0. The number of hydrogen-bond donors (Lipinski definition) is 0. The monoisotopic (exact) mass is 1420 g/mol. The van der Waals surface area contributed by atoms with Crippen LogP contribution >= 0.6 is 0 Å². The second-order valence-electron chi connectivity index (χ2n) is 25.3. The summed E-state index contributed by atoms with van der Waals surface area (Å²) in [5.74, 6) is -4.05. The summed E-state index contributed by atoms with van der Waals surface area (Å²) in [7, 11) is 0. The van der Waals surface area contributed by atoms with E-state index >= 15 is 0 Å². The molecular formula is C66H84Gd2O14. The molecule has 82 heavy (non-hydrogen) atoms. The van der Waals surface area contributed by atoms with Gasteiger partial charge in [0.25, 0.3) is 0 Å². The minimum Gasteiger partial charge on any atom is -0.875 e. The molecule has 3 aromatic carbocycles. The Morgan fingerprint density at radius 1 is 0.293 bits per heavy atom. The van der Waals surface area contributed by atoms with Crippen molar-refractivity contribution in [3.05, 3.63) is 160 Å². The van der Waals surface area contributed by atoms with Gasteiger partial charge in [0.1, 0.15) is 11.6 Å². The van der Waals surface area contributed by atoms with E-state index in [2.05, 4.69) is 0 Å². The fourth-order valence-corrected chi connectivity index (χ4v) is 4.99. The van der Waals surface area contributed by atoms with Gasteiger partial charge in [-0.25, -0.2) is 0 Å².